The molecule has 0 saturated carbocycles. The lowest BCUT2D eigenvalue weighted by Gasteiger charge is -2.09. The molecular formula is C13H17N3O4S. The summed E-state index contributed by atoms with van der Waals surface area (Å²) in [5, 5.41) is 7.50. The lowest BCUT2D eigenvalue weighted by molar-refractivity contribution is 0.414. The van der Waals surface area contributed by atoms with E-state index >= 15 is 0 Å². The van der Waals surface area contributed by atoms with E-state index in [2.05, 4.69) is 14.9 Å². The molecule has 21 heavy (non-hydrogen) atoms. The van der Waals surface area contributed by atoms with Gasteiger partial charge in [-0.3, -0.25) is 0 Å². The van der Waals surface area contributed by atoms with Gasteiger partial charge >= 0.3 is 0 Å². The molecule has 0 amide bonds. The number of rotatable bonds is 6. The van der Waals surface area contributed by atoms with E-state index in [1.165, 1.54) is 13.2 Å². The number of benzene rings is 1. The van der Waals surface area contributed by atoms with Crippen molar-refractivity contribution in [1.82, 2.24) is 14.9 Å². The van der Waals surface area contributed by atoms with Gasteiger partial charge in [0.15, 0.2) is 0 Å². The van der Waals surface area contributed by atoms with Gasteiger partial charge in [0.25, 0.3) is 0 Å². The van der Waals surface area contributed by atoms with Gasteiger partial charge in [0.1, 0.15) is 5.75 Å². The van der Waals surface area contributed by atoms with Crippen molar-refractivity contribution >= 4 is 10.0 Å². The van der Waals surface area contributed by atoms with Gasteiger partial charge in [0.05, 0.1) is 12.0 Å². The molecule has 0 bridgehead atoms. The van der Waals surface area contributed by atoms with Crippen LogP contribution in [0.1, 0.15) is 17.3 Å². The van der Waals surface area contributed by atoms with Crippen LogP contribution in [0.5, 0.6) is 5.75 Å². The lowest BCUT2D eigenvalue weighted by atomic mass is 10.2. The third kappa shape index (κ3) is 3.79. The molecule has 7 nitrogen and oxygen atoms in total. The van der Waals surface area contributed by atoms with Gasteiger partial charge in [-0.25, -0.2) is 13.1 Å². The Morgan fingerprint density at radius 3 is 2.62 bits per heavy atom. The summed E-state index contributed by atoms with van der Waals surface area (Å²) in [5.74, 6) is 1.48. The summed E-state index contributed by atoms with van der Waals surface area (Å²) in [7, 11) is -2.04. The number of aryl methyl sites for hydroxylation is 2. The van der Waals surface area contributed by atoms with Crippen LogP contribution in [0.15, 0.2) is 27.5 Å². The zero-order valence-electron chi connectivity index (χ0n) is 12.1. The molecule has 0 radical (unpaired) electrons. The molecule has 1 aromatic heterocycles. The SMILES string of the molecule is COc1ccc(S(=O)(=O)NCCc2nnc(C)o2)c(C)c1. The number of aromatic nitrogens is 2. The molecule has 2 rings (SSSR count). The summed E-state index contributed by atoms with van der Waals surface area (Å²) in [5.41, 5.74) is 0.621. The average molecular weight is 311 g/mol. The second kappa shape index (κ2) is 6.23. The van der Waals surface area contributed by atoms with Crippen molar-refractivity contribution in [2.24, 2.45) is 0 Å². The zero-order chi connectivity index (χ0) is 15.5. The Morgan fingerprint density at radius 1 is 1.29 bits per heavy atom. The van der Waals surface area contributed by atoms with Crippen molar-refractivity contribution in [1.29, 1.82) is 0 Å². The second-order valence-electron chi connectivity index (χ2n) is 4.49. The van der Waals surface area contributed by atoms with E-state index in [1.807, 2.05) is 0 Å². The number of nitrogens with one attached hydrogen (secondary N) is 1. The normalized spacial score (nSPS) is 11.6. The standard InChI is InChI=1S/C13H17N3O4S/c1-9-8-11(19-3)4-5-12(9)21(17,18)14-7-6-13-16-15-10(2)20-13/h4-5,8,14H,6-7H2,1-3H3. The Labute approximate surface area is 123 Å². The molecule has 0 atom stereocenters. The molecule has 2 aromatic rings. The summed E-state index contributed by atoms with van der Waals surface area (Å²) in [6.45, 7) is 3.59. The van der Waals surface area contributed by atoms with Gasteiger partial charge in [0.2, 0.25) is 21.8 Å². The van der Waals surface area contributed by atoms with E-state index in [0.717, 1.165) is 0 Å². The highest BCUT2D eigenvalue weighted by molar-refractivity contribution is 7.89. The van der Waals surface area contributed by atoms with E-state index in [9.17, 15) is 8.42 Å². The largest absolute Gasteiger partial charge is 0.497 e. The molecule has 1 aromatic carbocycles. The monoisotopic (exact) mass is 311 g/mol. The lowest BCUT2D eigenvalue weighted by Crippen LogP contribution is -2.26. The van der Waals surface area contributed by atoms with Crippen LogP contribution in [0.2, 0.25) is 0 Å². The fraction of sp³-hybridized carbons (Fsp3) is 0.385. The second-order valence-corrected chi connectivity index (χ2v) is 6.23. The van der Waals surface area contributed by atoms with Gasteiger partial charge in [0, 0.05) is 19.9 Å². The molecule has 0 spiro atoms. The fourth-order valence-corrected chi connectivity index (χ4v) is 3.12. The third-order valence-electron chi connectivity index (χ3n) is 2.87. The van der Waals surface area contributed by atoms with E-state index in [1.54, 1.807) is 26.0 Å². The first-order valence-electron chi connectivity index (χ1n) is 6.35. The number of hydrogen-bond donors (Lipinski definition) is 1. The van der Waals surface area contributed by atoms with Gasteiger partial charge in [-0.15, -0.1) is 10.2 Å². The van der Waals surface area contributed by atoms with Gasteiger partial charge in [-0.1, -0.05) is 0 Å². The first kappa shape index (κ1) is 15.5. The molecule has 114 valence electrons. The summed E-state index contributed by atoms with van der Waals surface area (Å²) in [6.07, 6.45) is 0.343. The van der Waals surface area contributed by atoms with E-state index in [4.69, 9.17) is 9.15 Å². The highest BCUT2D eigenvalue weighted by Gasteiger charge is 2.17. The van der Waals surface area contributed by atoms with Crippen LogP contribution in [0.4, 0.5) is 0 Å². The molecule has 1 heterocycles. The van der Waals surface area contributed by atoms with Gasteiger partial charge < -0.3 is 9.15 Å². The van der Waals surface area contributed by atoms with Crippen molar-refractivity contribution in [3.05, 3.63) is 35.5 Å². The Balaban J connectivity index is 2.04. The molecule has 1 N–H and O–H groups in total. The maximum Gasteiger partial charge on any atom is 0.240 e. The summed E-state index contributed by atoms with van der Waals surface area (Å²) in [4.78, 5) is 0.227. The van der Waals surface area contributed by atoms with Gasteiger partial charge in [-0.2, -0.15) is 0 Å². The molecule has 0 saturated heterocycles. The topological polar surface area (TPSA) is 94.3 Å². The predicted octanol–water partition coefficient (Wildman–Crippen LogP) is 1.22. The molecule has 8 heteroatoms. The van der Waals surface area contributed by atoms with Crippen LogP contribution in [0.25, 0.3) is 0 Å². The minimum Gasteiger partial charge on any atom is -0.497 e. The van der Waals surface area contributed by atoms with Crippen LogP contribution in [-0.4, -0.2) is 32.3 Å². The summed E-state index contributed by atoms with van der Waals surface area (Å²) >= 11 is 0. The minimum absolute atomic E-state index is 0.190. The molecule has 0 fully saturated rings. The van der Waals surface area contributed by atoms with Gasteiger partial charge in [-0.05, 0) is 30.7 Å². The van der Waals surface area contributed by atoms with E-state index < -0.39 is 10.0 Å². The summed E-state index contributed by atoms with van der Waals surface area (Å²) < 4.78 is 37.2. The average Bonchev–Trinajstić information content (AvgIpc) is 2.83. The van der Waals surface area contributed by atoms with Crippen molar-refractivity contribution in [3.63, 3.8) is 0 Å². The van der Waals surface area contributed by atoms with Crippen LogP contribution in [-0.2, 0) is 16.4 Å². The number of nitrogens with zero attached hydrogens (tertiary/aromatic N) is 2. The van der Waals surface area contributed by atoms with E-state index in [0.29, 0.717) is 29.5 Å². The molecule has 0 aliphatic rings. The Kier molecular flexibility index (Phi) is 4.59. The van der Waals surface area contributed by atoms with Crippen molar-refractivity contribution in [2.45, 2.75) is 25.2 Å². The smallest absolute Gasteiger partial charge is 0.240 e. The zero-order valence-corrected chi connectivity index (χ0v) is 12.9. The molecule has 0 aliphatic heterocycles. The van der Waals surface area contributed by atoms with Crippen LogP contribution < -0.4 is 9.46 Å². The fourth-order valence-electron chi connectivity index (χ4n) is 1.86. The Bertz CT molecular complexity index is 725. The highest BCUT2D eigenvalue weighted by Crippen LogP contribution is 2.20. The van der Waals surface area contributed by atoms with Crippen molar-refractivity contribution in [2.75, 3.05) is 13.7 Å². The third-order valence-corrected chi connectivity index (χ3v) is 4.49. The Hall–Kier alpha value is -1.93. The molecule has 0 aliphatic carbocycles. The minimum atomic E-state index is -3.57. The number of ether oxygens (including phenoxy) is 1. The number of sulfonamides is 1. The van der Waals surface area contributed by atoms with Crippen molar-refractivity contribution < 1.29 is 17.6 Å². The van der Waals surface area contributed by atoms with E-state index in [-0.39, 0.29) is 11.4 Å². The predicted molar refractivity (Wildman–Crippen MR) is 75.7 cm³/mol. The van der Waals surface area contributed by atoms with Crippen LogP contribution >= 0.6 is 0 Å². The number of methoxy groups -OCH3 is 1. The summed E-state index contributed by atoms with van der Waals surface area (Å²) in [6, 6.07) is 4.81. The highest BCUT2D eigenvalue weighted by atomic mass is 32.2. The van der Waals surface area contributed by atoms with Crippen LogP contribution in [0, 0.1) is 13.8 Å². The maximum atomic E-state index is 12.2. The molecular weight excluding hydrogens is 294 g/mol. The van der Waals surface area contributed by atoms with Crippen molar-refractivity contribution in [3.8, 4) is 5.75 Å². The van der Waals surface area contributed by atoms with Crippen LogP contribution in [0.3, 0.4) is 0 Å². The quantitative estimate of drug-likeness (QED) is 0.862. The first-order valence-corrected chi connectivity index (χ1v) is 7.84. The Morgan fingerprint density at radius 2 is 2.05 bits per heavy atom. The number of hydrogen-bond acceptors (Lipinski definition) is 6. The molecule has 0 unspecified atom stereocenters. The first-order chi connectivity index (χ1) is 9.92. The maximum absolute atomic E-state index is 12.2.